The molecule has 0 bridgehead atoms. The van der Waals surface area contributed by atoms with Gasteiger partial charge in [-0.05, 0) is 26.0 Å². The van der Waals surface area contributed by atoms with Gasteiger partial charge in [0, 0.05) is 44.2 Å². The molecule has 2 heterocycles. The van der Waals surface area contributed by atoms with E-state index in [2.05, 4.69) is 10.3 Å². The van der Waals surface area contributed by atoms with Crippen LogP contribution in [0.5, 0.6) is 5.75 Å². The number of nitrogens with two attached hydrogens (primary N) is 1. The number of nitrogens with one attached hydrogen (secondary N) is 1. The second-order valence-electron chi connectivity index (χ2n) is 7.13. The van der Waals surface area contributed by atoms with Crippen LogP contribution in [0.15, 0.2) is 30.6 Å². The van der Waals surface area contributed by atoms with Crippen molar-refractivity contribution in [3.8, 4) is 5.75 Å². The van der Waals surface area contributed by atoms with Crippen LogP contribution in [0.1, 0.15) is 37.0 Å². The van der Waals surface area contributed by atoms with Gasteiger partial charge in [-0.15, -0.1) is 0 Å². The lowest BCUT2D eigenvalue weighted by Crippen LogP contribution is -2.40. The first-order chi connectivity index (χ1) is 13.3. The van der Waals surface area contributed by atoms with E-state index in [9.17, 15) is 13.6 Å². The summed E-state index contributed by atoms with van der Waals surface area (Å²) in [6.45, 7) is 4.94. The summed E-state index contributed by atoms with van der Waals surface area (Å²) < 4.78 is 32.5. The number of anilines is 2. The topological polar surface area (TPSA) is 80.5 Å². The summed E-state index contributed by atoms with van der Waals surface area (Å²) in [5.41, 5.74) is 7.62. The Kier molecular flexibility index (Phi) is 5.96. The first-order valence-electron chi connectivity index (χ1n) is 9.26. The molecular formula is C20H24F2N4O2. The lowest BCUT2D eigenvalue weighted by molar-refractivity contribution is 0.0943. The molecule has 1 aliphatic rings. The first-order valence-corrected chi connectivity index (χ1v) is 9.26. The molecule has 1 aromatic carbocycles. The van der Waals surface area contributed by atoms with E-state index in [1.54, 1.807) is 0 Å². The number of benzene rings is 1. The molecule has 1 aliphatic heterocycles. The summed E-state index contributed by atoms with van der Waals surface area (Å²) in [5.74, 6) is -1.54. The number of piperidine rings is 1. The quantitative estimate of drug-likeness (QED) is 0.820. The summed E-state index contributed by atoms with van der Waals surface area (Å²) in [4.78, 5) is 18.6. The fourth-order valence-corrected chi connectivity index (χ4v) is 3.28. The standard InChI is InChI=1S/C20H24F2N4O2/c1-12(2)25-20(27)15-10-24-11-17(23)19(15)26-7-5-14(6-8-26)28-18-4-3-13(21)9-16(18)22/h3-4,9-12,14H,5-8,23H2,1-2H3,(H,25,27). The Morgan fingerprint density at radius 1 is 1.29 bits per heavy atom. The zero-order valence-electron chi connectivity index (χ0n) is 15.9. The molecule has 1 saturated heterocycles. The van der Waals surface area contributed by atoms with E-state index >= 15 is 0 Å². The molecule has 6 nitrogen and oxygen atoms in total. The maximum atomic E-state index is 13.8. The first kappa shape index (κ1) is 19.9. The van der Waals surface area contributed by atoms with E-state index in [-0.39, 0.29) is 23.8 Å². The number of carbonyl (C=O) groups excluding carboxylic acids is 1. The molecule has 0 saturated carbocycles. The third-order valence-electron chi connectivity index (χ3n) is 4.56. The summed E-state index contributed by atoms with van der Waals surface area (Å²) in [5, 5.41) is 2.86. The van der Waals surface area contributed by atoms with E-state index in [1.165, 1.54) is 24.5 Å². The Bertz CT molecular complexity index is 852. The number of ether oxygens (including phenoxy) is 1. The molecule has 0 spiro atoms. The maximum absolute atomic E-state index is 13.8. The summed E-state index contributed by atoms with van der Waals surface area (Å²) >= 11 is 0. The van der Waals surface area contributed by atoms with Crippen molar-refractivity contribution < 1.29 is 18.3 Å². The Morgan fingerprint density at radius 3 is 2.64 bits per heavy atom. The Hall–Kier alpha value is -2.90. The lowest BCUT2D eigenvalue weighted by Gasteiger charge is -2.35. The average molecular weight is 390 g/mol. The lowest BCUT2D eigenvalue weighted by atomic mass is 10.0. The van der Waals surface area contributed by atoms with Gasteiger partial charge in [0.05, 0.1) is 23.1 Å². The van der Waals surface area contributed by atoms with Crippen molar-refractivity contribution in [2.24, 2.45) is 0 Å². The van der Waals surface area contributed by atoms with E-state index in [1.807, 2.05) is 18.7 Å². The van der Waals surface area contributed by atoms with Gasteiger partial charge in [0.15, 0.2) is 11.6 Å². The average Bonchev–Trinajstić information content (AvgIpc) is 2.64. The van der Waals surface area contributed by atoms with E-state index in [0.29, 0.717) is 42.9 Å². The van der Waals surface area contributed by atoms with E-state index in [0.717, 1.165) is 6.07 Å². The van der Waals surface area contributed by atoms with Crippen molar-refractivity contribution in [3.05, 3.63) is 47.8 Å². The Balaban J connectivity index is 1.70. The molecule has 150 valence electrons. The number of hydrogen-bond acceptors (Lipinski definition) is 5. The van der Waals surface area contributed by atoms with Crippen LogP contribution in [0.3, 0.4) is 0 Å². The molecule has 0 aliphatic carbocycles. The highest BCUT2D eigenvalue weighted by molar-refractivity contribution is 6.02. The molecule has 28 heavy (non-hydrogen) atoms. The number of nitrogens with zero attached hydrogens (tertiary/aromatic N) is 2. The summed E-state index contributed by atoms with van der Waals surface area (Å²) in [7, 11) is 0. The third kappa shape index (κ3) is 4.49. The van der Waals surface area contributed by atoms with Crippen LogP contribution < -0.4 is 20.7 Å². The predicted molar refractivity (Wildman–Crippen MR) is 103 cm³/mol. The largest absolute Gasteiger partial charge is 0.487 e. The molecule has 1 amide bonds. The van der Waals surface area contributed by atoms with Crippen LogP contribution in [-0.2, 0) is 0 Å². The van der Waals surface area contributed by atoms with Gasteiger partial charge < -0.3 is 20.7 Å². The smallest absolute Gasteiger partial charge is 0.255 e. The van der Waals surface area contributed by atoms with Crippen LogP contribution in [0, 0.1) is 11.6 Å². The van der Waals surface area contributed by atoms with Crippen LogP contribution in [0.2, 0.25) is 0 Å². The number of aromatic nitrogens is 1. The molecule has 0 atom stereocenters. The number of nitrogen functional groups attached to an aromatic ring is 1. The van der Waals surface area contributed by atoms with Gasteiger partial charge in [0.2, 0.25) is 0 Å². The number of amides is 1. The van der Waals surface area contributed by atoms with Gasteiger partial charge in [-0.2, -0.15) is 0 Å². The Labute approximate surface area is 162 Å². The van der Waals surface area contributed by atoms with Gasteiger partial charge in [-0.25, -0.2) is 8.78 Å². The third-order valence-corrected chi connectivity index (χ3v) is 4.56. The minimum absolute atomic E-state index is 0.00785. The van der Waals surface area contributed by atoms with Crippen molar-refractivity contribution in [1.82, 2.24) is 10.3 Å². The van der Waals surface area contributed by atoms with Crippen molar-refractivity contribution in [3.63, 3.8) is 0 Å². The SMILES string of the molecule is CC(C)NC(=O)c1cncc(N)c1N1CCC(Oc2ccc(F)cc2F)CC1. The Morgan fingerprint density at radius 2 is 2.00 bits per heavy atom. The zero-order chi connectivity index (χ0) is 20.3. The summed E-state index contributed by atoms with van der Waals surface area (Å²) in [6, 6.07) is 3.27. The molecule has 0 radical (unpaired) electrons. The van der Waals surface area contributed by atoms with Gasteiger partial charge in [-0.3, -0.25) is 9.78 Å². The van der Waals surface area contributed by atoms with Gasteiger partial charge >= 0.3 is 0 Å². The van der Waals surface area contributed by atoms with E-state index in [4.69, 9.17) is 10.5 Å². The number of halogens is 2. The van der Waals surface area contributed by atoms with Crippen molar-refractivity contribution in [2.75, 3.05) is 23.7 Å². The van der Waals surface area contributed by atoms with Crippen molar-refractivity contribution in [2.45, 2.75) is 38.8 Å². The second kappa shape index (κ2) is 8.41. The predicted octanol–water partition coefficient (Wildman–Crippen LogP) is 3.13. The summed E-state index contributed by atoms with van der Waals surface area (Å²) in [6.07, 6.45) is 4.07. The molecule has 0 unspecified atom stereocenters. The molecule has 3 rings (SSSR count). The second-order valence-corrected chi connectivity index (χ2v) is 7.13. The number of pyridine rings is 1. The molecule has 1 fully saturated rings. The molecule has 1 aromatic heterocycles. The maximum Gasteiger partial charge on any atom is 0.255 e. The minimum atomic E-state index is -0.714. The normalized spacial score (nSPS) is 15.0. The molecule has 8 heteroatoms. The highest BCUT2D eigenvalue weighted by Gasteiger charge is 2.26. The van der Waals surface area contributed by atoms with Crippen LogP contribution in [0.4, 0.5) is 20.2 Å². The molecule has 2 aromatic rings. The van der Waals surface area contributed by atoms with Gasteiger partial charge in [0.25, 0.3) is 5.91 Å². The highest BCUT2D eigenvalue weighted by atomic mass is 19.1. The van der Waals surface area contributed by atoms with E-state index < -0.39 is 11.6 Å². The van der Waals surface area contributed by atoms with Crippen molar-refractivity contribution in [1.29, 1.82) is 0 Å². The van der Waals surface area contributed by atoms with Crippen LogP contribution in [-0.4, -0.2) is 36.1 Å². The molecular weight excluding hydrogens is 366 g/mol. The fraction of sp³-hybridized carbons (Fsp3) is 0.400. The number of carbonyl (C=O) groups is 1. The number of rotatable bonds is 5. The fourth-order valence-electron chi connectivity index (χ4n) is 3.28. The number of hydrogen-bond donors (Lipinski definition) is 2. The van der Waals surface area contributed by atoms with Crippen molar-refractivity contribution >= 4 is 17.3 Å². The van der Waals surface area contributed by atoms with Gasteiger partial charge in [-0.1, -0.05) is 0 Å². The zero-order valence-corrected chi connectivity index (χ0v) is 15.9. The van der Waals surface area contributed by atoms with Gasteiger partial charge in [0.1, 0.15) is 11.9 Å². The van der Waals surface area contributed by atoms with Crippen LogP contribution in [0.25, 0.3) is 0 Å². The molecule has 3 N–H and O–H groups in total. The minimum Gasteiger partial charge on any atom is -0.487 e. The monoisotopic (exact) mass is 390 g/mol. The van der Waals surface area contributed by atoms with Crippen LogP contribution >= 0.6 is 0 Å². The highest BCUT2D eigenvalue weighted by Crippen LogP contribution is 2.31.